The molecule has 1 saturated carbocycles. The van der Waals surface area contributed by atoms with Gasteiger partial charge in [-0.1, -0.05) is 12.8 Å². The lowest BCUT2D eigenvalue weighted by molar-refractivity contribution is 0.101. The Hall–Kier alpha value is -2.14. The SMILES string of the molecule is Cc1ccnc(NC(=O)c2cc3sccc3n2C2CCCC2)c1. The lowest BCUT2D eigenvalue weighted by Gasteiger charge is -2.17. The molecular weight excluding hydrogens is 306 g/mol. The highest BCUT2D eigenvalue weighted by Crippen LogP contribution is 2.36. The van der Waals surface area contributed by atoms with Crippen molar-refractivity contribution in [3.05, 3.63) is 47.1 Å². The number of aromatic nitrogens is 2. The molecule has 1 fully saturated rings. The van der Waals surface area contributed by atoms with Gasteiger partial charge >= 0.3 is 0 Å². The minimum atomic E-state index is -0.0709. The zero-order chi connectivity index (χ0) is 15.8. The highest BCUT2D eigenvalue weighted by atomic mass is 32.1. The first kappa shape index (κ1) is 14.5. The Labute approximate surface area is 139 Å². The third kappa shape index (κ3) is 2.65. The lowest BCUT2D eigenvalue weighted by atomic mass is 10.2. The predicted octanol–water partition coefficient (Wildman–Crippen LogP) is 4.77. The second kappa shape index (κ2) is 5.81. The van der Waals surface area contributed by atoms with Crippen molar-refractivity contribution >= 4 is 33.3 Å². The van der Waals surface area contributed by atoms with E-state index in [4.69, 9.17) is 0 Å². The molecular formula is C18H19N3OS. The first-order valence-corrected chi connectivity index (χ1v) is 8.93. The normalized spacial score (nSPS) is 15.3. The van der Waals surface area contributed by atoms with Crippen LogP contribution in [-0.4, -0.2) is 15.5 Å². The third-order valence-corrected chi connectivity index (χ3v) is 5.39. The van der Waals surface area contributed by atoms with Crippen LogP contribution in [0, 0.1) is 6.92 Å². The smallest absolute Gasteiger partial charge is 0.273 e. The molecule has 0 aromatic carbocycles. The molecule has 3 aromatic rings. The molecule has 1 aliphatic rings. The average Bonchev–Trinajstić information content (AvgIpc) is 3.23. The maximum Gasteiger partial charge on any atom is 0.273 e. The molecule has 0 atom stereocenters. The van der Waals surface area contributed by atoms with Crippen LogP contribution in [0.5, 0.6) is 0 Å². The van der Waals surface area contributed by atoms with Crippen molar-refractivity contribution in [2.45, 2.75) is 38.6 Å². The molecule has 4 nitrogen and oxygen atoms in total. The van der Waals surface area contributed by atoms with Crippen molar-refractivity contribution in [3.8, 4) is 0 Å². The number of thiophene rings is 1. The molecule has 0 spiro atoms. The van der Waals surface area contributed by atoms with Gasteiger partial charge in [0.15, 0.2) is 0 Å². The summed E-state index contributed by atoms with van der Waals surface area (Å²) < 4.78 is 3.42. The van der Waals surface area contributed by atoms with Gasteiger partial charge < -0.3 is 9.88 Å². The van der Waals surface area contributed by atoms with E-state index < -0.39 is 0 Å². The van der Waals surface area contributed by atoms with Crippen molar-refractivity contribution in [2.75, 3.05) is 5.32 Å². The Balaban J connectivity index is 1.71. The molecule has 23 heavy (non-hydrogen) atoms. The van der Waals surface area contributed by atoms with E-state index >= 15 is 0 Å². The molecule has 118 valence electrons. The molecule has 4 rings (SSSR count). The fourth-order valence-corrected chi connectivity index (χ4v) is 4.27. The van der Waals surface area contributed by atoms with E-state index in [-0.39, 0.29) is 5.91 Å². The van der Waals surface area contributed by atoms with Crippen molar-refractivity contribution in [2.24, 2.45) is 0 Å². The predicted molar refractivity (Wildman–Crippen MR) is 94.2 cm³/mol. The molecule has 3 aromatic heterocycles. The molecule has 0 radical (unpaired) electrons. The summed E-state index contributed by atoms with van der Waals surface area (Å²) in [6, 6.07) is 8.40. The number of carbonyl (C=O) groups is 1. The molecule has 5 heteroatoms. The van der Waals surface area contributed by atoms with Gasteiger partial charge in [0.1, 0.15) is 11.5 Å². The number of amides is 1. The standard InChI is InChI=1S/C18H19N3OS/c1-12-6-8-19-17(10-12)20-18(22)15-11-16-14(7-9-23-16)21(15)13-4-2-3-5-13/h6-11,13H,2-5H2,1H3,(H,19,20,22). The van der Waals surface area contributed by atoms with Gasteiger partial charge in [-0.3, -0.25) is 4.79 Å². The number of rotatable bonds is 3. The largest absolute Gasteiger partial charge is 0.333 e. The number of hydrogen-bond acceptors (Lipinski definition) is 3. The van der Waals surface area contributed by atoms with E-state index in [0.29, 0.717) is 11.9 Å². The minimum absolute atomic E-state index is 0.0709. The van der Waals surface area contributed by atoms with Gasteiger partial charge in [0, 0.05) is 12.2 Å². The number of pyridine rings is 1. The maximum atomic E-state index is 12.8. The van der Waals surface area contributed by atoms with E-state index in [1.807, 2.05) is 25.1 Å². The zero-order valence-corrected chi connectivity index (χ0v) is 13.9. The van der Waals surface area contributed by atoms with Crippen LogP contribution >= 0.6 is 11.3 Å². The van der Waals surface area contributed by atoms with Gasteiger partial charge in [-0.15, -0.1) is 11.3 Å². The summed E-state index contributed by atoms with van der Waals surface area (Å²) in [7, 11) is 0. The van der Waals surface area contributed by atoms with Crippen molar-refractivity contribution in [1.29, 1.82) is 0 Å². The molecule has 0 unspecified atom stereocenters. The Morgan fingerprint density at radius 3 is 2.91 bits per heavy atom. The lowest BCUT2D eigenvalue weighted by Crippen LogP contribution is -2.19. The van der Waals surface area contributed by atoms with Crippen molar-refractivity contribution < 1.29 is 4.79 Å². The zero-order valence-electron chi connectivity index (χ0n) is 13.1. The summed E-state index contributed by atoms with van der Waals surface area (Å²) in [5.41, 5.74) is 3.02. The van der Waals surface area contributed by atoms with Gasteiger partial charge in [-0.2, -0.15) is 0 Å². The molecule has 0 bridgehead atoms. The third-order valence-electron chi connectivity index (χ3n) is 4.54. The average molecular weight is 325 g/mol. The molecule has 0 aliphatic heterocycles. The fraction of sp³-hybridized carbons (Fsp3) is 0.333. The van der Waals surface area contributed by atoms with Gasteiger partial charge in [0.05, 0.1) is 10.2 Å². The molecule has 1 N–H and O–H groups in total. The van der Waals surface area contributed by atoms with Gasteiger partial charge in [0.25, 0.3) is 5.91 Å². The summed E-state index contributed by atoms with van der Waals surface area (Å²) in [5.74, 6) is 0.538. The van der Waals surface area contributed by atoms with E-state index in [1.165, 1.54) is 23.1 Å². The van der Waals surface area contributed by atoms with Crippen LogP contribution in [0.3, 0.4) is 0 Å². The van der Waals surface area contributed by atoms with Gasteiger partial charge in [-0.05, 0) is 55.0 Å². The second-order valence-corrected chi connectivity index (χ2v) is 7.13. The molecule has 1 aliphatic carbocycles. The van der Waals surface area contributed by atoms with Crippen LogP contribution in [0.1, 0.15) is 47.8 Å². The van der Waals surface area contributed by atoms with Crippen LogP contribution in [0.15, 0.2) is 35.8 Å². The number of aryl methyl sites for hydroxylation is 1. The van der Waals surface area contributed by atoms with Crippen LogP contribution in [0.4, 0.5) is 5.82 Å². The fourth-order valence-electron chi connectivity index (χ4n) is 3.46. The molecule has 3 heterocycles. The number of fused-ring (bicyclic) bond motifs is 1. The van der Waals surface area contributed by atoms with Crippen molar-refractivity contribution in [3.63, 3.8) is 0 Å². The number of carbonyl (C=O) groups excluding carboxylic acids is 1. The minimum Gasteiger partial charge on any atom is -0.333 e. The Morgan fingerprint density at radius 2 is 2.13 bits per heavy atom. The number of nitrogens with one attached hydrogen (secondary N) is 1. The van der Waals surface area contributed by atoms with E-state index in [1.54, 1.807) is 17.5 Å². The Kier molecular flexibility index (Phi) is 3.65. The second-order valence-electron chi connectivity index (χ2n) is 6.18. The summed E-state index contributed by atoms with van der Waals surface area (Å²) in [5, 5.41) is 5.04. The monoisotopic (exact) mass is 325 g/mol. The molecule has 1 amide bonds. The number of anilines is 1. The van der Waals surface area contributed by atoms with Crippen LogP contribution < -0.4 is 5.32 Å². The summed E-state index contributed by atoms with van der Waals surface area (Å²) in [4.78, 5) is 17.0. The van der Waals surface area contributed by atoms with E-state index in [0.717, 1.165) is 24.1 Å². The quantitative estimate of drug-likeness (QED) is 0.753. The summed E-state index contributed by atoms with van der Waals surface area (Å²) in [6.45, 7) is 1.99. The van der Waals surface area contributed by atoms with Crippen LogP contribution in [-0.2, 0) is 0 Å². The summed E-state index contributed by atoms with van der Waals surface area (Å²) in [6.07, 6.45) is 6.52. The number of hydrogen-bond donors (Lipinski definition) is 1. The van der Waals surface area contributed by atoms with Crippen molar-refractivity contribution in [1.82, 2.24) is 9.55 Å². The van der Waals surface area contributed by atoms with Gasteiger partial charge in [-0.25, -0.2) is 4.98 Å². The topological polar surface area (TPSA) is 46.9 Å². The summed E-state index contributed by atoms with van der Waals surface area (Å²) >= 11 is 1.69. The van der Waals surface area contributed by atoms with Crippen LogP contribution in [0.2, 0.25) is 0 Å². The van der Waals surface area contributed by atoms with E-state index in [2.05, 4.69) is 26.3 Å². The number of nitrogens with zero attached hydrogens (tertiary/aromatic N) is 2. The molecule has 0 saturated heterocycles. The Morgan fingerprint density at radius 1 is 1.30 bits per heavy atom. The van der Waals surface area contributed by atoms with Crippen LogP contribution in [0.25, 0.3) is 10.2 Å². The van der Waals surface area contributed by atoms with Gasteiger partial charge in [0.2, 0.25) is 0 Å². The Bertz CT molecular complexity index is 858. The highest BCUT2D eigenvalue weighted by Gasteiger charge is 2.25. The first-order valence-electron chi connectivity index (χ1n) is 8.05. The first-order chi connectivity index (χ1) is 11.2. The van der Waals surface area contributed by atoms with E-state index in [9.17, 15) is 4.79 Å². The maximum absolute atomic E-state index is 12.8. The highest BCUT2D eigenvalue weighted by molar-refractivity contribution is 7.17.